The maximum absolute atomic E-state index is 4.94. The molecule has 0 aliphatic carbocycles. The van der Waals surface area contributed by atoms with E-state index in [1.54, 1.807) is 0 Å². The third kappa shape index (κ3) is 2.71. The Hall–Kier alpha value is -2.02. The van der Waals surface area contributed by atoms with Crippen LogP contribution in [0.15, 0.2) is 61.2 Å². The van der Waals surface area contributed by atoms with Gasteiger partial charge in [-0.2, -0.15) is 0 Å². The van der Waals surface area contributed by atoms with Crippen molar-refractivity contribution in [3.05, 3.63) is 66.7 Å². The first kappa shape index (κ1) is 9.53. The van der Waals surface area contributed by atoms with Crippen molar-refractivity contribution < 1.29 is 4.74 Å². The highest BCUT2D eigenvalue weighted by Gasteiger charge is 2.15. The molecule has 0 amide bonds. The Labute approximate surface area is 89.6 Å². The van der Waals surface area contributed by atoms with E-state index in [-0.39, 0.29) is 0 Å². The van der Waals surface area contributed by atoms with Gasteiger partial charge < -0.3 is 4.74 Å². The van der Waals surface area contributed by atoms with Crippen molar-refractivity contribution in [3.63, 3.8) is 0 Å². The minimum atomic E-state index is 1.03. The Bertz CT molecular complexity index is 425. The van der Waals surface area contributed by atoms with E-state index in [1.807, 2.05) is 60.7 Å². The van der Waals surface area contributed by atoms with Crippen LogP contribution in [0.1, 0.15) is 5.56 Å². The highest BCUT2D eigenvalue weighted by atomic mass is 16.6. The summed E-state index contributed by atoms with van der Waals surface area (Å²) in [6.45, 7) is 3.63. The molecule has 0 spiro atoms. The molecule has 2 aromatic rings. The predicted molar refractivity (Wildman–Crippen MR) is 63.0 cm³/mol. The predicted octanol–water partition coefficient (Wildman–Crippen LogP) is 4.12. The Morgan fingerprint density at radius 1 is 0.800 bits per heavy atom. The summed E-state index contributed by atoms with van der Waals surface area (Å²) in [4.78, 5) is 0. The Kier molecular flexibility index (Phi) is 2.84. The van der Waals surface area contributed by atoms with Gasteiger partial charge in [0.05, 0.1) is 0 Å². The molecule has 1 heteroatoms. The van der Waals surface area contributed by atoms with Crippen LogP contribution < -0.4 is 4.74 Å². The molecule has 0 aromatic heterocycles. The average molecular weight is 196 g/mol. The highest BCUT2D eigenvalue weighted by Crippen LogP contribution is 2.43. The van der Waals surface area contributed by atoms with Crippen molar-refractivity contribution in [1.82, 2.24) is 0 Å². The molecule has 74 valence electrons. The third-order valence-electron chi connectivity index (χ3n) is 2.06. The summed E-state index contributed by atoms with van der Waals surface area (Å²) in [5.41, 5.74) is 1.17. The quantitative estimate of drug-likeness (QED) is 0.533. The van der Waals surface area contributed by atoms with Crippen LogP contribution in [-0.4, -0.2) is 0 Å². The monoisotopic (exact) mass is 196 g/mol. The van der Waals surface area contributed by atoms with E-state index >= 15 is 0 Å². The summed E-state index contributed by atoms with van der Waals surface area (Å²) in [5, 5.41) is 0. The number of benzene rings is 2. The first-order valence-electron chi connectivity index (χ1n) is 4.84. The molecular formula is C14H12O. The van der Waals surface area contributed by atoms with Gasteiger partial charge in [-0.15, -0.1) is 0 Å². The summed E-state index contributed by atoms with van der Waals surface area (Å²) in [7, 11) is 0. The van der Waals surface area contributed by atoms with Gasteiger partial charge in [-0.3, -0.25) is 0 Å². The molecule has 0 atom stereocenters. The van der Waals surface area contributed by atoms with E-state index < -0.39 is 0 Å². The second-order valence-electron chi connectivity index (χ2n) is 3.16. The first-order valence-corrected chi connectivity index (χ1v) is 4.84. The third-order valence-corrected chi connectivity index (χ3v) is 2.06. The molecule has 15 heavy (non-hydrogen) atoms. The van der Waals surface area contributed by atoms with Crippen molar-refractivity contribution in [2.24, 2.45) is 0 Å². The van der Waals surface area contributed by atoms with Crippen LogP contribution in [0.5, 0.6) is 11.5 Å². The molecule has 2 aromatic carbocycles. The molecule has 1 nitrogen and oxygen atoms in total. The number of hydrogen-bond donors (Lipinski definition) is 0. The van der Waals surface area contributed by atoms with E-state index in [9.17, 15) is 0 Å². The molecule has 0 fully saturated rings. The second-order valence-corrected chi connectivity index (χ2v) is 3.16. The molecule has 0 saturated heterocycles. The molecule has 1 aliphatic heterocycles. The lowest BCUT2D eigenvalue weighted by atomic mass is 10.2. The molecule has 1 heterocycles. The maximum atomic E-state index is 4.94. The lowest BCUT2D eigenvalue weighted by Gasteiger charge is -1.85. The fourth-order valence-electron chi connectivity index (χ4n) is 1.20. The minimum Gasteiger partial charge on any atom is -0.450 e. The number of ether oxygens (including phenoxy) is 1. The van der Waals surface area contributed by atoms with Gasteiger partial charge in [0.25, 0.3) is 0 Å². The summed E-state index contributed by atoms with van der Waals surface area (Å²) in [6, 6.07) is 17.9. The fourth-order valence-corrected chi connectivity index (χ4v) is 1.20. The standard InChI is InChI=1S/C8H8.C6H4O/c1-2-8-6-4-3-5-7-8;1-2-4-6-5(3-1)7-6/h2-7H,1H2;1-4H. The topological polar surface area (TPSA) is 12.5 Å². The van der Waals surface area contributed by atoms with E-state index in [4.69, 9.17) is 4.74 Å². The van der Waals surface area contributed by atoms with E-state index in [0.29, 0.717) is 0 Å². The van der Waals surface area contributed by atoms with Crippen LogP contribution in [0.3, 0.4) is 0 Å². The smallest absolute Gasteiger partial charge is 0.170 e. The Balaban J connectivity index is 0.000000114. The highest BCUT2D eigenvalue weighted by molar-refractivity contribution is 5.53. The average Bonchev–Trinajstić information content (AvgIpc) is 3.10. The van der Waals surface area contributed by atoms with Gasteiger partial charge in [-0.1, -0.05) is 55.1 Å². The molecule has 0 N–H and O–H groups in total. The molecule has 0 bridgehead atoms. The number of para-hydroxylation sites is 2. The molecule has 0 radical (unpaired) electrons. The number of rotatable bonds is 1. The van der Waals surface area contributed by atoms with Gasteiger partial charge in [0.15, 0.2) is 11.5 Å². The fraction of sp³-hybridized carbons (Fsp3) is 0. The molecular weight excluding hydrogens is 184 g/mol. The minimum absolute atomic E-state index is 1.03. The molecule has 3 rings (SSSR count). The number of hydrogen-bond acceptors (Lipinski definition) is 1. The lowest BCUT2D eigenvalue weighted by Crippen LogP contribution is -1.63. The SMILES string of the molecule is C=Cc1ccccc1.c1ccc2c(c1)O2. The van der Waals surface area contributed by atoms with E-state index in [2.05, 4.69) is 6.58 Å². The largest absolute Gasteiger partial charge is 0.450 e. The van der Waals surface area contributed by atoms with Crippen LogP contribution >= 0.6 is 0 Å². The van der Waals surface area contributed by atoms with Gasteiger partial charge in [0.2, 0.25) is 0 Å². The van der Waals surface area contributed by atoms with Crippen LogP contribution in [0.4, 0.5) is 0 Å². The van der Waals surface area contributed by atoms with Gasteiger partial charge in [-0.25, -0.2) is 0 Å². The number of fused-ring (bicyclic) bond motifs is 1. The van der Waals surface area contributed by atoms with Crippen LogP contribution in [0.25, 0.3) is 6.08 Å². The van der Waals surface area contributed by atoms with Crippen molar-refractivity contribution in [2.75, 3.05) is 0 Å². The lowest BCUT2D eigenvalue weighted by molar-refractivity contribution is 0.650. The van der Waals surface area contributed by atoms with Gasteiger partial charge >= 0.3 is 0 Å². The van der Waals surface area contributed by atoms with Gasteiger partial charge in [-0.05, 0) is 17.7 Å². The zero-order chi connectivity index (χ0) is 10.5. The zero-order valence-corrected chi connectivity index (χ0v) is 8.39. The molecule has 1 aliphatic rings. The normalized spacial score (nSPS) is 10.1. The van der Waals surface area contributed by atoms with Crippen LogP contribution in [0, 0.1) is 0 Å². The summed E-state index contributed by atoms with van der Waals surface area (Å²) >= 11 is 0. The zero-order valence-electron chi connectivity index (χ0n) is 8.39. The summed E-state index contributed by atoms with van der Waals surface area (Å²) in [5.74, 6) is 2.06. The Morgan fingerprint density at radius 2 is 1.33 bits per heavy atom. The van der Waals surface area contributed by atoms with Crippen molar-refractivity contribution in [1.29, 1.82) is 0 Å². The van der Waals surface area contributed by atoms with Crippen molar-refractivity contribution in [2.45, 2.75) is 0 Å². The summed E-state index contributed by atoms with van der Waals surface area (Å²) < 4.78 is 4.94. The molecule has 0 unspecified atom stereocenters. The maximum Gasteiger partial charge on any atom is 0.170 e. The van der Waals surface area contributed by atoms with Crippen LogP contribution in [0.2, 0.25) is 0 Å². The van der Waals surface area contributed by atoms with Gasteiger partial charge in [0.1, 0.15) is 0 Å². The van der Waals surface area contributed by atoms with Crippen molar-refractivity contribution in [3.8, 4) is 11.5 Å². The second kappa shape index (κ2) is 4.47. The van der Waals surface area contributed by atoms with Gasteiger partial charge in [0, 0.05) is 0 Å². The van der Waals surface area contributed by atoms with Crippen LogP contribution in [-0.2, 0) is 0 Å². The van der Waals surface area contributed by atoms with Crippen molar-refractivity contribution >= 4 is 6.08 Å². The van der Waals surface area contributed by atoms with E-state index in [0.717, 1.165) is 11.5 Å². The summed E-state index contributed by atoms with van der Waals surface area (Å²) in [6.07, 6.45) is 1.83. The first-order chi connectivity index (χ1) is 7.40. The molecule has 0 saturated carbocycles. The van der Waals surface area contributed by atoms with E-state index in [1.165, 1.54) is 5.56 Å². The Morgan fingerprint density at radius 3 is 1.73 bits per heavy atom.